The number of ketones is 8. The number of aromatic nitrogens is 13. The standard InChI is InChI=1S/C89H111N23O16/c1-102(2)31-14-13-18-62(113)19-15-22-72(116)65-36-56(46-103(65)3)38-74(118)66-34-54(44-104(66)4)32-63(114)20-16-23-73(117)82-96-61(51-110(82)10)43-76(120)68-37-57(47-106(68)6)39-75(119)67-35-55(45-105(67)5)33-64(115)21-17-28-92-88(127)83-98-78(53-111(83)11)101-89(128)84-99-77(52-112(84)12)100-87(126)71-41-59(49-109(71)9)95-81(123)26-30-93-85(124)69-42-60(50-107(69)7)97-86(125)70-40-58(48-108(70)8)94-80(122)25-29-91-79(121)24-27-90/h34-37,40-42,44-53H,13-33,38-39,43,90H2,1-12H3,(H,91,121)(H,92,127)(H,93,124)(H,94,122)(H,95,123)(H,97,125)(H,100,126)(H,101,128)/p+1. The number of carbonyl (C=O) groups excluding carboxylic acids is 16. The van der Waals surface area contributed by atoms with E-state index >= 15 is 0 Å². The molecular formula is C89H112N23O16+. The highest BCUT2D eigenvalue weighted by molar-refractivity contribution is 6.08. The van der Waals surface area contributed by atoms with E-state index < -0.39 is 35.4 Å². The van der Waals surface area contributed by atoms with Gasteiger partial charge in [-0.2, -0.15) is 0 Å². The number of aryl methyl sites for hydroxylation is 10. The van der Waals surface area contributed by atoms with Gasteiger partial charge in [-0.15, -0.1) is 0 Å². The number of Topliss-reactive ketones (excluding diaryl/α,β-unsaturated/α-hetero) is 8. The van der Waals surface area contributed by atoms with Crippen LogP contribution in [0, 0.1) is 0 Å². The lowest BCUT2D eigenvalue weighted by atomic mass is 10.0. The van der Waals surface area contributed by atoms with Gasteiger partial charge in [-0.25, -0.2) is 15.0 Å². The summed E-state index contributed by atoms with van der Waals surface area (Å²) in [5.41, 5.74) is 11.3. The van der Waals surface area contributed by atoms with Crippen LogP contribution in [0.2, 0.25) is 0 Å². The molecule has 0 fully saturated rings. The monoisotopic (exact) mass is 1760 g/mol. The Morgan fingerprint density at radius 1 is 0.297 bits per heavy atom. The van der Waals surface area contributed by atoms with E-state index in [-0.39, 0.29) is 226 Å². The zero-order valence-electron chi connectivity index (χ0n) is 74.2. The second-order valence-corrected chi connectivity index (χ2v) is 32.5. The lowest BCUT2D eigenvalue weighted by Gasteiger charge is -2.06. The summed E-state index contributed by atoms with van der Waals surface area (Å²) >= 11 is 0. The Hall–Kier alpha value is -14.4. The van der Waals surface area contributed by atoms with Gasteiger partial charge in [0.25, 0.3) is 29.5 Å². The maximum Gasteiger partial charge on any atom is 0.292 e. The number of hydrogen-bond acceptors (Lipinski definition) is 20. The Morgan fingerprint density at radius 3 is 1.19 bits per heavy atom. The van der Waals surface area contributed by atoms with Gasteiger partial charge in [0.05, 0.1) is 72.6 Å². The summed E-state index contributed by atoms with van der Waals surface area (Å²) < 4.78 is 15.5. The number of nitrogens with zero attached hydrogens (tertiary/aromatic N) is 13. The quantitative estimate of drug-likeness (QED) is 0.0184. The van der Waals surface area contributed by atoms with Gasteiger partial charge in [0.2, 0.25) is 29.4 Å². The molecule has 11 N–H and O–H groups in total. The van der Waals surface area contributed by atoms with Crippen molar-refractivity contribution in [3.05, 3.63) is 190 Å². The van der Waals surface area contributed by atoms with Crippen LogP contribution in [0.5, 0.6) is 0 Å². The van der Waals surface area contributed by atoms with Crippen molar-refractivity contribution in [1.29, 1.82) is 0 Å². The third-order valence-electron chi connectivity index (χ3n) is 21.3. The van der Waals surface area contributed by atoms with Gasteiger partial charge in [-0.1, -0.05) is 0 Å². The molecule has 678 valence electrons. The number of anilines is 5. The summed E-state index contributed by atoms with van der Waals surface area (Å²) in [6.07, 6.45) is 20.1. The van der Waals surface area contributed by atoms with Crippen molar-refractivity contribution < 1.29 is 81.6 Å². The number of rotatable bonds is 50. The number of carbonyl (C=O) groups is 16. The highest BCUT2D eigenvalue weighted by atomic mass is 16.2. The zero-order valence-corrected chi connectivity index (χ0v) is 74.2. The molecule has 0 spiro atoms. The highest BCUT2D eigenvalue weighted by Crippen LogP contribution is 2.25. The normalized spacial score (nSPS) is 11.2. The molecule has 0 aliphatic heterocycles. The predicted molar refractivity (Wildman–Crippen MR) is 473 cm³/mol. The summed E-state index contributed by atoms with van der Waals surface area (Å²) in [5, 5.41) is 21.4. The second kappa shape index (κ2) is 44.0. The molecule has 0 aliphatic carbocycles. The van der Waals surface area contributed by atoms with Crippen molar-refractivity contribution in [3.63, 3.8) is 0 Å². The predicted octanol–water partition coefficient (Wildman–Crippen LogP) is 4.57. The first-order chi connectivity index (χ1) is 60.8. The maximum atomic E-state index is 13.8. The van der Waals surface area contributed by atoms with E-state index in [4.69, 9.17) is 5.73 Å². The van der Waals surface area contributed by atoms with Gasteiger partial charge in [0, 0.05) is 242 Å². The smallest absolute Gasteiger partial charge is 0.292 e. The van der Waals surface area contributed by atoms with Gasteiger partial charge in [0.15, 0.2) is 46.4 Å². The van der Waals surface area contributed by atoms with Crippen LogP contribution in [0.15, 0.2) is 104 Å². The molecule has 39 heteroatoms. The molecule has 0 radical (unpaired) electrons. The van der Waals surface area contributed by atoms with Crippen molar-refractivity contribution in [2.45, 2.75) is 122 Å². The molecule has 128 heavy (non-hydrogen) atoms. The molecule has 10 aromatic rings. The van der Waals surface area contributed by atoms with Crippen LogP contribution in [0.25, 0.3) is 0 Å². The van der Waals surface area contributed by atoms with E-state index in [1.807, 2.05) is 0 Å². The van der Waals surface area contributed by atoms with Gasteiger partial charge >= 0.3 is 0 Å². The van der Waals surface area contributed by atoms with Gasteiger partial charge in [-0.05, 0) is 96.8 Å². The maximum absolute atomic E-state index is 13.8. The third kappa shape index (κ3) is 26.6. The summed E-state index contributed by atoms with van der Waals surface area (Å²) in [4.78, 5) is 225. The van der Waals surface area contributed by atoms with Crippen LogP contribution in [-0.4, -0.2) is 201 Å². The van der Waals surface area contributed by atoms with Crippen molar-refractivity contribution >= 4 is 122 Å². The Labute approximate surface area is 738 Å². The molecule has 10 rings (SSSR count). The summed E-state index contributed by atoms with van der Waals surface area (Å²) in [6, 6.07) is 11.1. The van der Waals surface area contributed by atoms with Gasteiger partial charge in [-0.3, -0.25) is 76.7 Å². The van der Waals surface area contributed by atoms with Crippen LogP contribution < -0.4 is 53.2 Å². The van der Waals surface area contributed by atoms with E-state index in [1.165, 1.54) is 77.8 Å². The fourth-order valence-electron chi connectivity index (χ4n) is 14.9. The zero-order chi connectivity index (χ0) is 92.9. The molecule has 0 atom stereocenters. The van der Waals surface area contributed by atoms with Crippen molar-refractivity contribution in [2.24, 2.45) is 76.2 Å². The number of hydrogen-bond donors (Lipinski definition) is 10. The van der Waals surface area contributed by atoms with E-state index in [0.717, 1.165) is 19.4 Å². The molecule has 0 saturated heterocycles. The molecule has 39 nitrogen and oxygen atoms in total. The van der Waals surface area contributed by atoms with Crippen LogP contribution in [0.1, 0.15) is 223 Å². The van der Waals surface area contributed by atoms with Crippen molar-refractivity contribution in [2.75, 3.05) is 73.4 Å². The van der Waals surface area contributed by atoms with E-state index in [9.17, 15) is 76.7 Å². The van der Waals surface area contributed by atoms with Crippen molar-refractivity contribution in [3.8, 4) is 0 Å². The Bertz CT molecular complexity index is 5890. The molecule has 10 aromatic heterocycles. The molecular weight excluding hydrogens is 1650 g/mol. The van der Waals surface area contributed by atoms with Crippen LogP contribution in [0.4, 0.5) is 28.7 Å². The fourth-order valence-corrected chi connectivity index (χ4v) is 14.9. The summed E-state index contributed by atoms with van der Waals surface area (Å²) in [6.45, 7) is 1.36. The molecule has 0 aliphatic rings. The first-order valence-electron chi connectivity index (χ1n) is 42.1. The molecule has 10 heterocycles. The second-order valence-electron chi connectivity index (χ2n) is 32.5. The lowest BCUT2D eigenvalue weighted by Crippen LogP contribution is -3.05. The Balaban J connectivity index is 0.594. The Kier molecular flexibility index (Phi) is 32.9. The number of nitrogens with one attached hydrogen (secondary N) is 9. The first-order valence-corrected chi connectivity index (χ1v) is 42.1. The van der Waals surface area contributed by atoms with Crippen LogP contribution >= 0.6 is 0 Å². The number of imidazole rings is 3. The first kappa shape index (κ1) is 95.9. The lowest BCUT2D eigenvalue weighted by molar-refractivity contribution is -0.858. The number of quaternary nitrogens is 1. The average molecular weight is 1760 g/mol. The minimum Gasteiger partial charge on any atom is -0.356 e. The minimum absolute atomic E-state index is 0.00733. The molecule has 0 unspecified atom stereocenters. The third-order valence-corrected chi connectivity index (χ3v) is 21.3. The summed E-state index contributed by atoms with van der Waals surface area (Å²) in [7, 11) is 20.6. The summed E-state index contributed by atoms with van der Waals surface area (Å²) in [5.74, 6) is -5.27. The minimum atomic E-state index is -0.718. The molecule has 0 aromatic carbocycles. The molecule has 0 saturated carbocycles. The van der Waals surface area contributed by atoms with E-state index in [1.54, 1.807) is 148 Å². The largest absolute Gasteiger partial charge is 0.356 e. The van der Waals surface area contributed by atoms with Gasteiger partial charge in [0.1, 0.15) is 34.4 Å². The number of amides is 8. The van der Waals surface area contributed by atoms with Crippen molar-refractivity contribution in [1.82, 2.24) is 76.6 Å². The average Bonchev–Trinajstić information content (AvgIpc) is 1.68. The number of nitrogens with two attached hydrogens (primary N) is 1. The molecule has 0 bridgehead atoms. The van der Waals surface area contributed by atoms with Gasteiger partial charge < -0.3 is 98.8 Å². The molecule has 8 amide bonds. The van der Waals surface area contributed by atoms with E-state index in [2.05, 4.69) is 71.6 Å². The highest BCUT2D eigenvalue weighted by Gasteiger charge is 2.27. The topological polar surface area (TPSA) is 488 Å². The SMILES string of the molecule is Cn1cc(CC(=O)c2cc(CC(=O)CCCC(=O)c3nc(CC(=O)c4cc(CC(=O)c5cc(CC(=O)CCCNC(=O)c6nc(NC(=O)c7nc(NC(=O)c8cc(NC(=O)CCNC(=O)c9cc(NC(=O)c%10cc(NC(=O)CCNC(=O)CCN)cn%10C)cn9C)cn8C)cn7C)cn6C)cn5C)cn4C)cn3C)cn2C)cc1C(=O)CCCC(=O)CCCC[NH+](C)C. The van der Waals surface area contributed by atoms with Crippen LogP contribution in [0.3, 0.4) is 0 Å². The van der Waals surface area contributed by atoms with Crippen LogP contribution in [-0.2, 0) is 131 Å². The Morgan fingerprint density at radius 2 is 0.688 bits per heavy atom. The fraction of sp³-hybridized carbons (Fsp3) is 0.404. The van der Waals surface area contributed by atoms with E-state index in [0.29, 0.717) is 81.4 Å². The number of unbranched alkanes of at least 4 members (excludes halogenated alkanes) is 1.